The highest BCUT2D eigenvalue weighted by molar-refractivity contribution is 8.04. The van der Waals surface area contributed by atoms with E-state index in [2.05, 4.69) is 4.98 Å². The quantitative estimate of drug-likeness (QED) is 0.752. The van der Waals surface area contributed by atoms with E-state index in [0.29, 0.717) is 27.5 Å². The summed E-state index contributed by atoms with van der Waals surface area (Å²) >= 11 is 1.18. The van der Waals surface area contributed by atoms with Crippen LogP contribution in [0.4, 0.5) is 0 Å². The van der Waals surface area contributed by atoms with Crippen molar-refractivity contribution in [1.29, 1.82) is 0 Å². The highest BCUT2D eigenvalue weighted by atomic mass is 32.2. The van der Waals surface area contributed by atoms with Crippen LogP contribution in [0.2, 0.25) is 0 Å². The summed E-state index contributed by atoms with van der Waals surface area (Å²) in [5.74, 6) is 0.115. The minimum Gasteiger partial charge on any atom is -0.496 e. The summed E-state index contributed by atoms with van der Waals surface area (Å²) in [7, 11) is 1.52. The Kier molecular flexibility index (Phi) is 5.70. The van der Waals surface area contributed by atoms with Crippen molar-refractivity contribution in [1.82, 2.24) is 9.88 Å². The summed E-state index contributed by atoms with van der Waals surface area (Å²) in [4.78, 5) is 31.5. The van der Waals surface area contributed by atoms with Crippen LogP contribution in [0.1, 0.15) is 11.1 Å². The molecule has 0 aliphatic carbocycles. The Morgan fingerprint density at radius 2 is 1.96 bits per heavy atom. The van der Waals surface area contributed by atoms with E-state index in [0.717, 1.165) is 5.56 Å². The number of carbonyl (C=O) groups excluding carboxylic acids is 2. The number of hydrogen-bond donors (Lipinski definition) is 1. The van der Waals surface area contributed by atoms with Gasteiger partial charge in [-0.3, -0.25) is 19.5 Å². The van der Waals surface area contributed by atoms with Crippen LogP contribution >= 0.6 is 11.8 Å². The normalized spacial score (nSPS) is 14.3. The number of imide groups is 1. The van der Waals surface area contributed by atoms with Crippen molar-refractivity contribution >= 4 is 29.1 Å². The second-order valence-corrected chi connectivity index (χ2v) is 6.64. The number of amides is 2. The minimum absolute atomic E-state index is 0.0859. The van der Waals surface area contributed by atoms with Gasteiger partial charge in [-0.15, -0.1) is 11.8 Å². The second kappa shape index (κ2) is 8.16. The third-order valence-electron chi connectivity index (χ3n) is 3.90. The fraction of sp³-hybridized carbons (Fsp3) is 0.211. The van der Waals surface area contributed by atoms with E-state index >= 15 is 0 Å². The van der Waals surface area contributed by atoms with Gasteiger partial charge in [-0.05, 0) is 17.7 Å². The number of para-hydroxylation sites is 1. The smallest absolute Gasteiger partial charge is 0.268 e. The zero-order valence-electron chi connectivity index (χ0n) is 14.2. The molecule has 134 valence electrons. The first-order chi connectivity index (χ1) is 12.7. The van der Waals surface area contributed by atoms with Crippen LogP contribution in [0.3, 0.4) is 0 Å². The summed E-state index contributed by atoms with van der Waals surface area (Å²) in [6.45, 7) is 0.0603. The topological polar surface area (TPSA) is 79.7 Å². The zero-order chi connectivity index (χ0) is 18.5. The van der Waals surface area contributed by atoms with Crippen molar-refractivity contribution in [2.75, 3.05) is 19.5 Å². The molecule has 1 aromatic heterocycles. The highest BCUT2D eigenvalue weighted by Crippen LogP contribution is 2.39. The van der Waals surface area contributed by atoms with Gasteiger partial charge < -0.3 is 9.84 Å². The van der Waals surface area contributed by atoms with Gasteiger partial charge in [-0.2, -0.15) is 0 Å². The molecular formula is C19H18N2O4S. The lowest BCUT2D eigenvalue weighted by atomic mass is 10.1. The molecule has 0 radical (unpaired) electrons. The average Bonchev–Trinajstić information content (AvgIpc) is 2.91. The van der Waals surface area contributed by atoms with Crippen LogP contribution in [0.5, 0.6) is 5.75 Å². The van der Waals surface area contributed by atoms with Crippen LogP contribution in [-0.2, 0) is 16.1 Å². The lowest BCUT2D eigenvalue weighted by Crippen LogP contribution is -2.31. The van der Waals surface area contributed by atoms with Gasteiger partial charge in [-0.1, -0.05) is 24.3 Å². The van der Waals surface area contributed by atoms with Crippen molar-refractivity contribution in [2.45, 2.75) is 6.54 Å². The van der Waals surface area contributed by atoms with Gasteiger partial charge in [0.1, 0.15) is 5.75 Å². The molecule has 0 unspecified atom stereocenters. The highest BCUT2D eigenvalue weighted by Gasteiger charge is 2.40. The third kappa shape index (κ3) is 3.49. The van der Waals surface area contributed by atoms with Crippen molar-refractivity contribution in [3.05, 3.63) is 64.8 Å². The van der Waals surface area contributed by atoms with Crippen molar-refractivity contribution in [2.24, 2.45) is 0 Å². The molecule has 6 nitrogen and oxygen atoms in total. The molecule has 0 saturated heterocycles. The maximum Gasteiger partial charge on any atom is 0.268 e. The number of hydrogen-bond acceptors (Lipinski definition) is 6. The van der Waals surface area contributed by atoms with Gasteiger partial charge >= 0.3 is 0 Å². The molecule has 1 aliphatic rings. The number of aromatic nitrogens is 1. The average molecular weight is 370 g/mol. The molecule has 3 rings (SSSR count). The lowest BCUT2D eigenvalue weighted by molar-refractivity contribution is -0.137. The first-order valence-electron chi connectivity index (χ1n) is 8.03. The van der Waals surface area contributed by atoms with Gasteiger partial charge in [0, 0.05) is 23.7 Å². The number of ether oxygens (including phenoxy) is 1. The molecule has 2 heterocycles. The molecule has 0 spiro atoms. The van der Waals surface area contributed by atoms with Crippen molar-refractivity contribution in [3.8, 4) is 5.75 Å². The largest absolute Gasteiger partial charge is 0.496 e. The molecule has 0 bridgehead atoms. The molecule has 26 heavy (non-hydrogen) atoms. The maximum absolute atomic E-state index is 13.1. The zero-order valence-corrected chi connectivity index (χ0v) is 15.0. The Labute approximate surface area is 155 Å². The van der Waals surface area contributed by atoms with E-state index in [4.69, 9.17) is 9.84 Å². The molecule has 7 heteroatoms. The van der Waals surface area contributed by atoms with Crippen LogP contribution in [0.15, 0.2) is 53.7 Å². The number of rotatable bonds is 7. The van der Waals surface area contributed by atoms with Crippen LogP contribution < -0.4 is 4.74 Å². The molecule has 2 amide bonds. The van der Waals surface area contributed by atoms with Crippen LogP contribution in [-0.4, -0.2) is 46.3 Å². The van der Waals surface area contributed by atoms with Gasteiger partial charge in [0.2, 0.25) is 0 Å². The molecule has 2 aromatic rings. The van der Waals surface area contributed by atoms with Gasteiger partial charge in [0.25, 0.3) is 11.8 Å². The fourth-order valence-electron chi connectivity index (χ4n) is 2.74. The molecule has 1 aliphatic heterocycles. The third-order valence-corrected chi connectivity index (χ3v) is 4.96. The summed E-state index contributed by atoms with van der Waals surface area (Å²) in [5, 5.41) is 9.15. The molecular weight excluding hydrogens is 352 g/mol. The summed E-state index contributed by atoms with van der Waals surface area (Å²) in [6, 6.07) is 10.7. The summed E-state index contributed by atoms with van der Waals surface area (Å²) < 4.78 is 5.36. The molecule has 0 fully saturated rings. The van der Waals surface area contributed by atoms with E-state index in [-0.39, 0.29) is 25.0 Å². The Morgan fingerprint density at radius 1 is 1.15 bits per heavy atom. The lowest BCUT2D eigenvalue weighted by Gasteiger charge is -2.15. The number of aliphatic hydroxyl groups excluding tert-OH is 1. The number of nitrogens with zero attached hydrogens (tertiary/aromatic N) is 2. The van der Waals surface area contributed by atoms with E-state index in [1.54, 1.807) is 42.7 Å². The SMILES string of the molecule is COc1ccccc1C1=C(SCCO)C(=O)N(Cc2cccnc2)C1=O. The number of carbonyl (C=O) groups is 2. The van der Waals surface area contributed by atoms with Crippen molar-refractivity contribution < 1.29 is 19.4 Å². The first kappa shape index (κ1) is 18.2. The number of thioether (sulfide) groups is 1. The predicted molar refractivity (Wildman–Crippen MR) is 99.3 cm³/mol. The Morgan fingerprint density at radius 3 is 2.65 bits per heavy atom. The van der Waals surface area contributed by atoms with E-state index < -0.39 is 0 Å². The van der Waals surface area contributed by atoms with Crippen molar-refractivity contribution in [3.63, 3.8) is 0 Å². The molecule has 1 N–H and O–H groups in total. The second-order valence-electron chi connectivity index (χ2n) is 5.53. The predicted octanol–water partition coefficient (Wildman–Crippen LogP) is 2.10. The van der Waals surface area contributed by atoms with Gasteiger partial charge in [0.15, 0.2) is 0 Å². The fourth-order valence-corrected chi connectivity index (χ4v) is 3.61. The number of benzene rings is 1. The first-order valence-corrected chi connectivity index (χ1v) is 9.02. The standard InChI is InChI=1S/C19H18N2O4S/c1-25-15-7-3-2-6-14(15)16-17(26-10-9-22)19(24)21(18(16)23)12-13-5-4-8-20-11-13/h2-8,11,22H,9-10,12H2,1H3. The monoisotopic (exact) mass is 370 g/mol. The summed E-state index contributed by atoms with van der Waals surface area (Å²) in [6.07, 6.45) is 3.26. The Bertz CT molecular complexity index is 852. The number of pyridine rings is 1. The molecule has 1 aromatic carbocycles. The van der Waals surface area contributed by atoms with Gasteiger partial charge in [0.05, 0.1) is 30.7 Å². The summed E-state index contributed by atoms with van der Waals surface area (Å²) in [5.41, 5.74) is 1.65. The number of aliphatic hydroxyl groups is 1. The Hall–Kier alpha value is -2.64. The van der Waals surface area contributed by atoms with Crippen LogP contribution in [0.25, 0.3) is 5.57 Å². The van der Waals surface area contributed by atoms with E-state index in [1.165, 1.54) is 23.8 Å². The minimum atomic E-state index is -0.371. The molecule has 0 saturated carbocycles. The Balaban J connectivity index is 2.01. The van der Waals surface area contributed by atoms with Gasteiger partial charge in [-0.25, -0.2) is 0 Å². The maximum atomic E-state index is 13.1. The van der Waals surface area contributed by atoms with Crippen LogP contribution in [0, 0.1) is 0 Å². The molecule has 0 atom stereocenters. The van der Waals surface area contributed by atoms with E-state index in [1.807, 2.05) is 6.07 Å². The number of methoxy groups -OCH3 is 1. The van der Waals surface area contributed by atoms with E-state index in [9.17, 15) is 9.59 Å².